The molecular weight excluding hydrogens is 422 g/mol. The third-order valence-electron chi connectivity index (χ3n) is 3.78. The molecule has 1 saturated heterocycles. The quantitative estimate of drug-likeness (QED) is 0.637. The molecule has 2 aliphatic rings. The summed E-state index contributed by atoms with van der Waals surface area (Å²) in [6, 6.07) is 5.96. The lowest BCUT2D eigenvalue weighted by atomic mass is 9.82. The number of carboxylic acids is 1. The van der Waals surface area contributed by atoms with Crippen molar-refractivity contribution in [2.45, 2.75) is 12.2 Å². The number of hydrogen-bond donors (Lipinski definition) is 3. The number of aliphatic carboxylic acids is 1. The van der Waals surface area contributed by atoms with Crippen LogP contribution in [0.1, 0.15) is 0 Å². The van der Waals surface area contributed by atoms with E-state index in [-0.39, 0.29) is 5.75 Å². The molecule has 0 radical (unpaired) electrons. The zero-order chi connectivity index (χ0) is 16.0. The second-order valence-corrected chi connectivity index (χ2v) is 6.81. The number of hydrogen-bond acceptors (Lipinski definition) is 4. The molecule has 6 nitrogen and oxygen atoms in total. The van der Waals surface area contributed by atoms with Gasteiger partial charge in [-0.25, -0.2) is 0 Å². The summed E-state index contributed by atoms with van der Waals surface area (Å²) in [6.45, 7) is 0. The molecule has 1 amide bonds. The standard InChI is InChI=1S/C14H11Br2NO5/c15-9-10(16)12-8(14(20)21)7(11(9)22-12)13(19)17-5-1-3-6(18)4-2-5/h1-4,7-8,11-12,18H,(H,17,19)(H,20,21)/t7-,8-,11+,12+/m0/s1. The molecule has 1 aromatic carbocycles. The van der Waals surface area contributed by atoms with Crippen LogP contribution in [0.3, 0.4) is 0 Å². The molecule has 1 fully saturated rings. The number of fused-ring (bicyclic) bond motifs is 2. The minimum Gasteiger partial charge on any atom is -0.508 e. The molecule has 1 aromatic rings. The van der Waals surface area contributed by atoms with Gasteiger partial charge in [0.25, 0.3) is 0 Å². The number of ether oxygens (including phenoxy) is 1. The normalized spacial score (nSPS) is 29.7. The van der Waals surface area contributed by atoms with Gasteiger partial charge in [0.15, 0.2) is 0 Å². The van der Waals surface area contributed by atoms with Crippen molar-refractivity contribution in [2.75, 3.05) is 5.32 Å². The number of carboxylic acid groups (broad SMARTS) is 1. The number of halogens is 2. The number of phenols is 1. The summed E-state index contributed by atoms with van der Waals surface area (Å²) in [7, 11) is 0. The smallest absolute Gasteiger partial charge is 0.310 e. The Bertz CT molecular complexity index is 672. The lowest BCUT2D eigenvalue weighted by molar-refractivity contribution is -0.146. The van der Waals surface area contributed by atoms with E-state index in [0.29, 0.717) is 14.7 Å². The molecule has 0 aromatic heterocycles. The van der Waals surface area contributed by atoms with Crippen LogP contribution in [0.2, 0.25) is 0 Å². The highest BCUT2D eigenvalue weighted by Crippen LogP contribution is 2.51. The number of nitrogens with one attached hydrogen (secondary N) is 1. The van der Waals surface area contributed by atoms with Gasteiger partial charge in [-0.15, -0.1) is 0 Å². The van der Waals surface area contributed by atoms with Crippen molar-refractivity contribution in [1.82, 2.24) is 0 Å². The molecule has 3 N–H and O–H groups in total. The fourth-order valence-corrected chi connectivity index (χ4v) is 4.00. The van der Waals surface area contributed by atoms with E-state index >= 15 is 0 Å². The van der Waals surface area contributed by atoms with Gasteiger partial charge in [0, 0.05) is 14.7 Å². The highest BCUT2D eigenvalue weighted by atomic mass is 79.9. The summed E-state index contributed by atoms with van der Waals surface area (Å²) >= 11 is 6.65. The van der Waals surface area contributed by atoms with Crippen LogP contribution < -0.4 is 5.32 Å². The summed E-state index contributed by atoms with van der Waals surface area (Å²) in [5.41, 5.74) is 0.480. The van der Waals surface area contributed by atoms with Crippen LogP contribution in [0, 0.1) is 11.8 Å². The summed E-state index contributed by atoms with van der Waals surface area (Å²) in [4.78, 5) is 24.0. The van der Waals surface area contributed by atoms with E-state index in [1.807, 2.05) is 0 Å². The average Bonchev–Trinajstić information content (AvgIpc) is 2.99. The Balaban J connectivity index is 1.85. The first-order chi connectivity index (χ1) is 10.4. The SMILES string of the molecule is O=C(O)[C@H]1[C@H](C(=O)Nc2ccc(O)cc2)[C@H]2O[C@H]1C(Br)=C2Br. The highest BCUT2D eigenvalue weighted by molar-refractivity contribution is 9.14. The Labute approximate surface area is 142 Å². The van der Waals surface area contributed by atoms with E-state index in [1.54, 1.807) is 0 Å². The lowest BCUT2D eigenvalue weighted by Crippen LogP contribution is -2.40. The van der Waals surface area contributed by atoms with E-state index in [1.165, 1.54) is 24.3 Å². The molecule has 4 atom stereocenters. The maximum absolute atomic E-state index is 12.5. The Kier molecular flexibility index (Phi) is 4.00. The van der Waals surface area contributed by atoms with Gasteiger partial charge in [-0.1, -0.05) is 31.9 Å². The number of carbonyl (C=O) groups excluding carboxylic acids is 1. The first kappa shape index (κ1) is 15.5. The molecule has 116 valence electrons. The molecular formula is C14H11Br2NO5. The predicted octanol–water partition coefficient (Wildman–Crippen LogP) is 2.43. The minimum atomic E-state index is -1.07. The zero-order valence-corrected chi connectivity index (χ0v) is 14.2. The van der Waals surface area contributed by atoms with Crippen molar-refractivity contribution >= 4 is 49.4 Å². The third kappa shape index (κ3) is 2.45. The van der Waals surface area contributed by atoms with Crippen molar-refractivity contribution in [3.8, 4) is 5.75 Å². The summed E-state index contributed by atoms with van der Waals surface area (Å²) in [6.07, 6.45) is -1.27. The van der Waals surface area contributed by atoms with Crippen molar-refractivity contribution in [1.29, 1.82) is 0 Å². The maximum Gasteiger partial charge on any atom is 0.310 e. The average molecular weight is 433 g/mol. The maximum atomic E-state index is 12.5. The summed E-state index contributed by atoms with van der Waals surface area (Å²) < 4.78 is 6.92. The Morgan fingerprint density at radius 3 is 2.14 bits per heavy atom. The van der Waals surface area contributed by atoms with Gasteiger partial charge >= 0.3 is 5.97 Å². The number of aromatic hydroxyl groups is 1. The van der Waals surface area contributed by atoms with Crippen LogP contribution in [0.15, 0.2) is 33.2 Å². The Hall–Kier alpha value is -1.38. The van der Waals surface area contributed by atoms with Crippen molar-refractivity contribution in [3.63, 3.8) is 0 Å². The summed E-state index contributed by atoms with van der Waals surface area (Å²) in [5.74, 6) is -3.19. The second-order valence-electron chi connectivity index (χ2n) is 5.10. The van der Waals surface area contributed by atoms with Crippen molar-refractivity contribution in [2.24, 2.45) is 11.8 Å². The number of carbonyl (C=O) groups is 2. The predicted molar refractivity (Wildman–Crippen MR) is 84.9 cm³/mol. The number of phenolic OH excluding ortho intramolecular Hbond substituents is 1. The van der Waals surface area contributed by atoms with Gasteiger partial charge in [0.05, 0.1) is 5.92 Å². The van der Waals surface area contributed by atoms with E-state index in [9.17, 15) is 19.8 Å². The van der Waals surface area contributed by atoms with Crippen LogP contribution in [0.4, 0.5) is 5.69 Å². The van der Waals surface area contributed by atoms with Crippen LogP contribution in [-0.4, -0.2) is 34.3 Å². The minimum absolute atomic E-state index is 0.0827. The lowest BCUT2D eigenvalue weighted by Gasteiger charge is -2.24. The number of benzene rings is 1. The van der Waals surface area contributed by atoms with E-state index < -0.39 is 35.9 Å². The Morgan fingerprint density at radius 1 is 1.05 bits per heavy atom. The molecule has 2 bridgehead atoms. The van der Waals surface area contributed by atoms with Crippen LogP contribution in [-0.2, 0) is 14.3 Å². The first-order valence-electron chi connectivity index (χ1n) is 6.43. The third-order valence-corrected chi connectivity index (χ3v) is 6.07. The highest BCUT2D eigenvalue weighted by Gasteiger charge is 2.58. The second kappa shape index (κ2) is 5.68. The molecule has 0 unspecified atom stereocenters. The van der Waals surface area contributed by atoms with Crippen molar-refractivity contribution < 1.29 is 24.5 Å². The molecule has 2 heterocycles. The van der Waals surface area contributed by atoms with E-state index in [4.69, 9.17) is 4.74 Å². The van der Waals surface area contributed by atoms with Gasteiger partial charge in [0.2, 0.25) is 5.91 Å². The van der Waals surface area contributed by atoms with Gasteiger partial charge in [-0.05, 0) is 24.3 Å². The number of anilines is 1. The molecule has 0 spiro atoms. The zero-order valence-electron chi connectivity index (χ0n) is 11.0. The van der Waals surface area contributed by atoms with Gasteiger partial charge in [-0.3, -0.25) is 9.59 Å². The van der Waals surface area contributed by atoms with Gasteiger partial charge < -0.3 is 20.3 Å². The van der Waals surface area contributed by atoms with Crippen LogP contribution in [0.25, 0.3) is 0 Å². The summed E-state index contributed by atoms with van der Waals surface area (Å²) in [5, 5.41) is 21.3. The molecule has 0 saturated carbocycles. The van der Waals surface area contributed by atoms with Crippen LogP contribution >= 0.6 is 31.9 Å². The molecule has 0 aliphatic carbocycles. The molecule has 2 aliphatic heterocycles. The molecule has 8 heteroatoms. The molecule has 3 rings (SSSR count). The van der Waals surface area contributed by atoms with E-state index in [2.05, 4.69) is 37.2 Å². The van der Waals surface area contributed by atoms with Gasteiger partial charge in [0.1, 0.15) is 23.9 Å². The largest absolute Gasteiger partial charge is 0.508 e. The van der Waals surface area contributed by atoms with Crippen molar-refractivity contribution in [3.05, 3.63) is 33.2 Å². The fourth-order valence-electron chi connectivity index (χ4n) is 2.76. The van der Waals surface area contributed by atoms with Gasteiger partial charge in [-0.2, -0.15) is 0 Å². The van der Waals surface area contributed by atoms with Crippen LogP contribution in [0.5, 0.6) is 5.75 Å². The number of amides is 1. The Morgan fingerprint density at radius 2 is 1.59 bits per heavy atom. The van der Waals surface area contributed by atoms with E-state index in [0.717, 1.165) is 0 Å². The number of rotatable bonds is 3. The monoisotopic (exact) mass is 431 g/mol. The topological polar surface area (TPSA) is 95.9 Å². The molecule has 22 heavy (non-hydrogen) atoms. The fraction of sp³-hybridized carbons (Fsp3) is 0.286. The first-order valence-corrected chi connectivity index (χ1v) is 8.02.